The number of aryl methyl sites for hydroxylation is 1. The van der Waals surface area contributed by atoms with E-state index in [1.54, 1.807) is 0 Å². The molecule has 0 radical (unpaired) electrons. The second kappa shape index (κ2) is 9.07. The van der Waals surface area contributed by atoms with Crippen molar-refractivity contribution in [3.8, 4) is 5.75 Å². The van der Waals surface area contributed by atoms with E-state index in [0.717, 1.165) is 56.0 Å². The molecule has 1 fully saturated rings. The first-order chi connectivity index (χ1) is 14.2. The van der Waals surface area contributed by atoms with Crippen molar-refractivity contribution in [1.82, 2.24) is 9.55 Å². The summed E-state index contributed by atoms with van der Waals surface area (Å²) < 4.78 is 13.1. The van der Waals surface area contributed by atoms with E-state index in [1.165, 1.54) is 4.90 Å². The van der Waals surface area contributed by atoms with E-state index in [-0.39, 0.29) is 12.5 Å². The molecule has 3 aromatic rings. The monoisotopic (exact) mass is 395 g/mol. The first kappa shape index (κ1) is 19.4. The van der Waals surface area contributed by atoms with Gasteiger partial charge in [0.05, 0.1) is 37.3 Å². The molecule has 1 aliphatic heterocycles. The molecule has 1 amide bonds. The fraction of sp³-hybridized carbons (Fsp3) is 0.364. The van der Waals surface area contributed by atoms with Crippen LogP contribution in [0.1, 0.15) is 5.56 Å². The summed E-state index contributed by atoms with van der Waals surface area (Å²) in [6, 6.07) is 15.6. The molecule has 0 atom stereocenters. The van der Waals surface area contributed by atoms with Crippen LogP contribution in [0.3, 0.4) is 0 Å². The molecule has 2 N–H and O–H groups in total. The van der Waals surface area contributed by atoms with Crippen LogP contribution in [0.4, 0.5) is 5.95 Å². The van der Waals surface area contributed by atoms with Crippen molar-refractivity contribution >= 4 is 22.9 Å². The molecule has 0 spiro atoms. The van der Waals surface area contributed by atoms with Crippen molar-refractivity contribution in [2.75, 3.05) is 44.8 Å². The number of ether oxygens (including phenoxy) is 2. The molecular formula is C22H27N4O3+. The lowest BCUT2D eigenvalue weighted by atomic mass is 10.2. The van der Waals surface area contributed by atoms with Gasteiger partial charge in [-0.1, -0.05) is 29.8 Å². The second-order valence-electron chi connectivity index (χ2n) is 7.34. The first-order valence-electron chi connectivity index (χ1n) is 10.0. The Balaban J connectivity index is 1.43. The highest BCUT2D eigenvalue weighted by molar-refractivity contribution is 5.92. The van der Waals surface area contributed by atoms with Crippen LogP contribution < -0.4 is 15.0 Å². The molecule has 0 aliphatic carbocycles. The third kappa shape index (κ3) is 4.93. The minimum absolute atomic E-state index is 0.0546. The van der Waals surface area contributed by atoms with Crippen molar-refractivity contribution in [3.05, 3.63) is 54.1 Å². The SMILES string of the molecule is Cc1ccc(OCC(=O)Nc2nc3ccccc3n2CC[NH+]2CCOCC2)cc1. The number of hydrogen-bond donors (Lipinski definition) is 2. The van der Waals surface area contributed by atoms with Crippen LogP contribution in [0.5, 0.6) is 5.75 Å². The molecule has 1 aliphatic rings. The minimum Gasteiger partial charge on any atom is -0.484 e. The van der Waals surface area contributed by atoms with Crippen molar-refractivity contribution < 1.29 is 19.2 Å². The molecule has 0 unspecified atom stereocenters. The van der Waals surface area contributed by atoms with Crippen LogP contribution in [-0.2, 0) is 16.1 Å². The summed E-state index contributed by atoms with van der Waals surface area (Å²) in [5.74, 6) is 1.02. The number of anilines is 1. The number of benzene rings is 2. The predicted octanol–water partition coefficient (Wildman–Crippen LogP) is 1.28. The molecule has 0 saturated carbocycles. The quantitative estimate of drug-likeness (QED) is 0.632. The van der Waals surface area contributed by atoms with Crippen LogP contribution >= 0.6 is 0 Å². The predicted molar refractivity (Wildman–Crippen MR) is 111 cm³/mol. The Labute approximate surface area is 170 Å². The number of nitrogens with one attached hydrogen (secondary N) is 2. The van der Waals surface area contributed by atoms with E-state index in [4.69, 9.17) is 9.47 Å². The highest BCUT2D eigenvalue weighted by Gasteiger charge is 2.17. The number of para-hydroxylation sites is 2. The number of carbonyl (C=O) groups excluding carboxylic acids is 1. The normalized spacial score (nSPS) is 14.8. The number of quaternary nitrogens is 1. The number of amides is 1. The van der Waals surface area contributed by atoms with Gasteiger partial charge in [0.2, 0.25) is 5.95 Å². The molecule has 7 heteroatoms. The highest BCUT2D eigenvalue weighted by Crippen LogP contribution is 2.19. The van der Waals surface area contributed by atoms with Gasteiger partial charge in [-0.15, -0.1) is 0 Å². The molecule has 2 aromatic carbocycles. The van der Waals surface area contributed by atoms with Gasteiger partial charge in [-0.2, -0.15) is 0 Å². The van der Waals surface area contributed by atoms with E-state index < -0.39 is 0 Å². The van der Waals surface area contributed by atoms with E-state index in [1.807, 2.05) is 55.5 Å². The average Bonchev–Trinajstić information content (AvgIpc) is 3.09. The summed E-state index contributed by atoms with van der Waals surface area (Å²) in [6.07, 6.45) is 0. The molecule has 29 heavy (non-hydrogen) atoms. The van der Waals surface area contributed by atoms with Crippen molar-refractivity contribution in [1.29, 1.82) is 0 Å². The number of carbonyl (C=O) groups is 1. The van der Waals surface area contributed by atoms with E-state index in [0.29, 0.717) is 11.7 Å². The van der Waals surface area contributed by atoms with Crippen molar-refractivity contribution in [2.45, 2.75) is 13.5 Å². The Morgan fingerprint density at radius 1 is 1.17 bits per heavy atom. The number of fused-ring (bicyclic) bond motifs is 1. The molecular weight excluding hydrogens is 368 g/mol. The zero-order valence-electron chi connectivity index (χ0n) is 16.7. The maximum Gasteiger partial charge on any atom is 0.264 e. The van der Waals surface area contributed by atoms with Gasteiger partial charge in [0.25, 0.3) is 5.91 Å². The summed E-state index contributed by atoms with van der Waals surface area (Å²) in [5.41, 5.74) is 3.05. The summed E-state index contributed by atoms with van der Waals surface area (Å²) in [6.45, 7) is 7.34. The third-order valence-electron chi connectivity index (χ3n) is 5.19. The molecule has 0 bridgehead atoms. The van der Waals surface area contributed by atoms with Gasteiger partial charge in [-0.25, -0.2) is 4.98 Å². The average molecular weight is 395 g/mol. The molecule has 152 valence electrons. The number of aromatic nitrogens is 2. The lowest BCUT2D eigenvalue weighted by molar-refractivity contribution is -0.908. The fourth-order valence-corrected chi connectivity index (χ4v) is 3.52. The number of nitrogens with zero attached hydrogens (tertiary/aromatic N) is 2. The zero-order valence-corrected chi connectivity index (χ0v) is 16.7. The van der Waals surface area contributed by atoms with E-state index >= 15 is 0 Å². The van der Waals surface area contributed by atoms with Gasteiger partial charge in [0.15, 0.2) is 6.61 Å². The Bertz CT molecular complexity index is 962. The Kier molecular flexibility index (Phi) is 6.07. The van der Waals surface area contributed by atoms with Crippen LogP contribution in [0, 0.1) is 6.92 Å². The van der Waals surface area contributed by atoms with Crippen LogP contribution in [-0.4, -0.2) is 54.9 Å². The van der Waals surface area contributed by atoms with Crippen molar-refractivity contribution in [3.63, 3.8) is 0 Å². The Morgan fingerprint density at radius 2 is 1.93 bits per heavy atom. The highest BCUT2D eigenvalue weighted by atomic mass is 16.5. The first-order valence-corrected chi connectivity index (χ1v) is 10.0. The van der Waals surface area contributed by atoms with Gasteiger partial charge in [-0.05, 0) is 31.2 Å². The second-order valence-corrected chi connectivity index (χ2v) is 7.34. The zero-order chi connectivity index (χ0) is 20.1. The molecule has 1 saturated heterocycles. The molecule has 4 rings (SSSR count). The van der Waals surface area contributed by atoms with E-state index in [9.17, 15) is 4.79 Å². The largest absolute Gasteiger partial charge is 0.484 e. The fourth-order valence-electron chi connectivity index (χ4n) is 3.52. The third-order valence-corrected chi connectivity index (χ3v) is 5.19. The number of morpholine rings is 1. The van der Waals surface area contributed by atoms with Crippen LogP contribution in [0.25, 0.3) is 11.0 Å². The standard InChI is InChI=1S/C22H26N4O3/c1-17-6-8-18(9-7-17)29-16-21(27)24-22-23-19-4-2-3-5-20(19)26(22)11-10-25-12-14-28-15-13-25/h2-9H,10-16H2,1H3,(H,23,24,27)/p+1. The van der Waals surface area contributed by atoms with E-state index in [2.05, 4.69) is 14.9 Å². The van der Waals surface area contributed by atoms with Gasteiger partial charge < -0.3 is 18.9 Å². The van der Waals surface area contributed by atoms with Gasteiger partial charge >= 0.3 is 0 Å². The van der Waals surface area contributed by atoms with Gasteiger partial charge in [-0.3, -0.25) is 10.1 Å². The molecule has 1 aromatic heterocycles. The Hall–Kier alpha value is -2.90. The van der Waals surface area contributed by atoms with Gasteiger partial charge in [0.1, 0.15) is 18.8 Å². The lowest BCUT2D eigenvalue weighted by Crippen LogP contribution is -3.14. The number of imidazole rings is 1. The summed E-state index contributed by atoms with van der Waals surface area (Å²) in [7, 11) is 0. The number of hydrogen-bond acceptors (Lipinski definition) is 4. The summed E-state index contributed by atoms with van der Waals surface area (Å²) in [4.78, 5) is 18.6. The minimum atomic E-state index is -0.221. The maximum absolute atomic E-state index is 12.5. The van der Waals surface area contributed by atoms with Crippen molar-refractivity contribution in [2.24, 2.45) is 0 Å². The van der Waals surface area contributed by atoms with Gasteiger partial charge in [0, 0.05) is 0 Å². The maximum atomic E-state index is 12.5. The lowest BCUT2D eigenvalue weighted by Gasteiger charge is -2.24. The summed E-state index contributed by atoms with van der Waals surface area (Å²) in [5, 5.41) is 2.92. The molecule has 2 heterocycles. The topological polar surface area (TPSA) is 69.8 Å². The van der Waals surface area contributed by atoms with Crippen LogP contribution in [0.2, 0.25) is 0 Å². The summed E-state index contributed by atoms with van der Waals surface area (Å²) >= 11 is 0. The molecule has 7 nitrogen and oxygen atoms in total. The number of rotatable bonds is 7. The Morgan fingerprint density at radius 3 is 2.72 bits per heavy atom. The van der Waals surface area contributed by atoms with Crippen LogP contribution in [0.15, 0.2) is 48.5 Å². The smallest absolute Gasteiger partial charge is 0.264 e.